The SMILES string of the molecule is O.O.O.O.O.O.O.O.O.O.O.O.O.O.O.O.O.O.O=S(=O)([O-])[O-].O=S(=O)([O-])[O-].O=S(=O)([O-])[O-].[Y+3].[Y+3]. The first-order valence-corrected chi connectivity index (χ1v) is 6.00. The van der Waals surface area contributed by atoms with E-state index in [1.807, 2.05) is 0 Å². The summed E-state index contributed by atoms with van der Waals surface area (Å²) in [4.78, 5) is 0. The molecule has 0 aliphatic carbocycles. The smallest absolute Gasteiger partial charge is 0.759 e. The van der Waals surface area contributed by atoms with Crippen molar-refractivity contribution in [2.24, 2.45) is 0 Å². The molecule has 35 heteroatoms. The average Bonchev–Trinajstić information content (AvgIpc) is 1.41. The van der Waals surface area contributed by atoms with Crippen molar-refractivity contribution in [3.05, 3.63) is 0 Å². The Labute approximate surface area is 246 Å². The Balaban J connectivity index is -0.00000000229. The van der Waals surface area contributed by atoms with E-state index in [-0.39, 0.29) is 164 Å². The Morgan fingerprint density at radius 1 is 0.229 bits per heavy atom. The molecule has 0 aromatic carbocycles. The Hall–Kier alpha value is 1.10. The maximum Gasteiger partial charge on any atom is 3.00 e. The van der Waals surface area contributed by atoms with Gasteiger partial charge in [-0.05, 0) is 0 Å². The molecule has 0 radical (unpaired) electrons. The fraction of sp³-hybridized carbons (Fsp3) is 0. The van der Waals surface area contributed by atoms with E-state index in [4.69, 9.17) is 52.6 Å². The topological polar surface area (TPSA) is 808 Å². The monoisotopic (exact) mass is 790 g/mol. The van der Waals surface area contributed by atoms with Gasteiger partial charge >= 0.3 is 65.4 Å². The summed E-state index contributed by atoms with van der Waals surface area (Å²) in [7, 11) is -15.5. The molecule has 0 amide bonds. The predicted octanol–water partition coefficient (Wildman–Crippen LogP) is -18.9. The van der Waals surface area contributed by atoms with Crippen LogP contribution in [0.3, 0.4) is 0 Å². The minimum absolute atomic E-state index is 0. The van der Waals surface area contributed by atoms with Crippen LogP contribution in [0.1, 0.15) is 0 Å². The average molecular weight is 790 g/mol. The summed E-state index contributed by atoms with van der Waals surface area (Å²) in [6.07, 6.45) is 0. The minimum Gasteiger partial charge on any atom is -0.759 e. The minimum atomic E-state index is -5.17. The van der Waals surface area contributed by atoms with Gasteiger partial charge in [0.05, 0.1) is 0 Å². The van der Waals surface area contributed by atoms with Crippen molar-refractivity contribution in [2.45, 2.75) is 0 Å². The molecule has 240 valence electrons. The summed E-state index contributed by atoms with van der Waals surface area (Å²) in [5.74, 6) is 0. The van der Waals surface area contributed by atoms with Crippen molar-refractivity contribution < 1.29 is 217 Å². The molecule has 36 N–H and O–H groups in total. The molecule has 0 fully saturated rings. The maximum atomic E-state index is 8.52. The maximum absolute atomic E-state index is 8.52. The number of hydrogen-bond acceptors (Lipinski definition) is 12. The molecule has 0 saturated carbocycles. The van der Waals surface area contributed by atoms with E-state index in [0.717, 1.165) is 0 Å². The molecule has 0 aromatic rings. The van der Waals surface area contributed by atoms with Gasteiger partial charge < -0.3 is 126 Å². The van der Waals surface area contributed by atoms with Crippen molar-refractivity contribution >= 4 is 31.2 Å². The van der Waals surface area contributed by atoms with Crippen molar-refractivity contribution in [3.63, 3.8) is 0 Å². The third-order valence-corrected chi connectivity index (χ3v) is 0. The predicted molar refractivity (Wildman–Crippen MR) is 96.5 cm³/mol. The van der Waals surface area contributed by atoms with Gasteiger partial charge in [0.15, 0.2) is 0 Å². The van der Waals surface area contributed by atoms with Gasteiger partial charge in [-0.1, -0.05) is 0 Å². The van der Waals surface area contributed by atoms with Gasteiger partial charge in [0, 0.05) is 31.2 Å². The summed E-state index contributed by atoms with van der Waals surface area (Å²) in [6.45, 7) is 0. The van der Waals surface area contributed by atoms with Crippen molar-refractivity contribution in [2.75, 3.05) is 0 Å². The number of hydrogen-bond donors (Lipinski definition) is 0. The van der Waals surface area contributed by atoms with Crippen LogP contribution in [0, 0.1) is 0 Å². The Kier molecular flexibility index (Phi) is 829. The standard InChI is InChI=1S/3H2O4S.18H2O.2Y/c3*1-5(2,3)4;;;;;;;;;;;;;;;;;;;;/h3*(H2,1,2,3,4);18*1H2;;/q;;;;;;;;;;;;;;;;;;;;;2*+3/p-6. The first kappa shape index (κ1) is 259. The summed E-state index contributed by atoms with van der Waals surface area (Å²) in [5.41, 5.74) is 0. The molecule has 30 nitrogen and oxygen atoms in total. The van der Waals surface area contributed by atoms with E-state index in [9.17, 15) is 0 Å². The van der Waals surface area contributed by atoms with Crippen LogP contribution < -0.4 is 0 Å². The van der Waals surface area contributed by atoms with E-state index in [1.54, 1.807) is 0 Å². The first-order valence-electron chi connectivity index (χ1n) is 2.00. The molecule has 0 aliphatic rings. The Bertz CT molecular complexity index is 347. The third kappa shape index (κ3) is 31900. The molecule has 0 spiro atoms. The van der Waals surface area contributed by atoms with Crippen LogP contribution in [-0.4, -0.2) is 151 Å². The van der Waals surface area contributed by atoms with Crippen LogP contribution in [0.15, 0.2) is 0 Å². The van der Waals surface area contributed by atoms with E-state index in [1.165, 1.54) is 0 Å². The summed E-state index contributed by atoms with van der Waals surface area (Å²) in [6, 6.07) is 0. The zero-order valence-corrected chi connectivity index (χ0v) is 24.4. The van der Waals surface area contributed by atoms with Gasteiger partial charge in [-0.25, -0.2) is 0 Å². The Morgan fingerprint density at radius 3 is 0.229 bits per heavy atom. The van der Waals surface area contributed by atoms with E-state index < -0.39 is 31.2 Å². The van der Waals surface area contributed by atoms with E-state index >= 15 is 0 Å². The van der Waals surface area contributed by atoms with Crippen LogP contribution in [0.2, 0.25) is 0 Å². The fourth-order valence-electron chi connectivity index (χ4n) is 0. The van der Waals surface area contributed by atoms with Crippen molar-refractivity contribution in [3.8, 4) is 0 Å². The normalized spacial score (nSPS) is 4.97. The largest absolute Gasteiger partial charge is 3.00 e. The molecule has 0 bridgehead atoms. The van der Waals surface area contributed by atoms with Crippen LogP contribution in [-0.2, 0) is 96.6 Å². The summed E-state index contributed by atoms with van der Waals surface area (Å²) >= 11 is 0. The molecule has 0 aromatic heterocycles. The van der Waals surface area contributed by atoms with Crippen LogP contribution >= 0.6 is 0 Å². The van der Waals surface area contributed by atoms with E-state index in [2.05, 4.69) is 0 Å². The summed E-state index contributed by atoms with van der Waals surface area (Å²) in [5, 5.41) is 0. The van der Waals surface area contributed by atoms with Gasteiger partial charge in [-0.3, -0.25) is 25.3 Å². The van der Waals surface area contributed by atoms with E-state index in [0.29, 0.717) is 0 Å². The van der Waals surface area contributed by atoms with Gasteiger partial charge in [0.2, 0.25) is 0 Å². The molecule has 0 unspecified atom stereocenters. The van der Waals surface area contributed by atoms with Crippen molar-refractivity contribution in [1.29, 1.82) is 0 Å². The first-order chi connectivity index (χ1) is 6.00. The summed E-state index contributed by atoms with van der Waals surface area (Å²) < 4.78 is 102. The molecular formula is H36O30S3Y2. The second-order valence-electron chi connectivity index (χ2n) is 1.22. The van der Waals surface area contributed by atoms with Gasteiger partial charge in [0.1, 0.15) is 0 Å². The van der Waals surface area contributed by atoms with Gasteiger partial charge in [-0.2, -0.15) is 0 Å². The third-order valence-electron chi connectivity index (χ3n) is 0. The second kappa shape index (κ2) is 112. The quantitative estimate of drug-likeness (QED) is 0.163. The van der Waals surface area contributed by atoms with Gasteiger partial charge in [0.25, 0.3) is 0 Å². The zero-order valence-electron chi connectivity index (χ0n) is 16.3. The molecule has 0 aliphatic heterocycles. The molecule has 35 heavy (non-hydrogen) atoms. The van der Waals surface area contributed by atoms with Crippen LogP contribution in [0.25, 0.3) is 0 Å². The van der Waals surface area contributed by atoms with Crippen LogP contribution in [0.5, 0.6) is 0 Å². The molecule has 0 saturated heterocycles. The molecular weight excluding hydrogens is 754 g/mol. The molecule has 0 rings (SSSR count). The van der Waals surface area contributed by atoms with Crippen LogP contribution in [0.4, 0.5) is 0 Å². The fourth-order valence-corrected chi connectivity index (χ4v) is 0. The van der Waals surface area contributed by atoms with Crippen molar-refractivity contribution in [1.82, 2.24) is 0 Å². The number of rotatable bonds is 0. The molecule has 0 atom stereocenters. The van der Waals surface area contributed by atoms with Gasteiger partial charge in [-0.15, -0.1) is 0 Å². The zero-order chi connectivity index (χ0) is 13.5. The Morgan fingerprint density at radius 2 is 0.229 bits per heavy atom. The second-order valence-corrected chi connectivity index (χ2v) is 3.67. The molecule has 0 heterocycles.